The lowest BCUT2D eigenvalue weighted by atomic mass is 10.2. The Morgan fingerprint density at radius 3 is 2.17 bits per heavy atom. The molecule has 0 aliphatic rings. The second-order valence-corrected chi connectivity index (χ2v) is 17.7. The topological polar surface area (TPSA) is 26.0 Å². The molecular formula is C9H23NSi2. The second kappa shape index (κ2) is 4.39. The van der Waals surface area contributed by atoms with Gasteiger partial charge in [-0.25, -0.2) is 0 Å². The summed E-state index contributed by atoms with van der Waals surface area (Å²) < 4.78 is 0. The van der Waals surface area contributed by atoms with Gasteiger partial charge in [0.25, 0.3) is 0 Å². The van der Waals surface area contributed by atoms with E-state index in [1.54, 1.807) is 0 Å². The van der Waals surface area contributed by atoms with E-state index in [2.05, 4.69) is 45.6 Å². The molecule has 2 N–H and O–H groups in total. The summed E-state index contributed by atoms with van der Waals surface area (Å²) in [4.78, 5) is 0. The molecule has 0 unspecified atom stereocenters. The van der Waals surface area contributed by atoms with Crippen LogP contribution in [0.25, 0.3) is 0 Å². The molecule has 0 saturated heterocycles. The minimum Gasteiger partial charge on any atom is -0.327 e. The van der Waals surface area contributed by atoms with Crippen LogP contribution in [0.4, 0.5) is 0 Å². The average Bonchev–Trinajstić information content (AvgIpc) is 1.85. The van der Waals surface area contributed by atoms with Crippen LogP contribution < -0.4 is 5.73 Å². The molecule has 0 spiro atoms. The Balaban J connectivity index is 4.14. The summed E-state index contributed by atoms with van der Waals surface area (Å²) in [5.41, 5.74) is 7.80. The van der Waals surface area contributed by atoms with Gasteiger partial charge in [0.15, 0.2) is 0 Å². The van der Waals surface area contributed by atoms with E-state index in [1.165, 1.54) is 0 Å². The van der Waals surface area contributed by atoms with Gasteiger partial charge >= 0.3 is 0 Å². The van der Waals surface area contributed by atoms with Gasteiger partial charge in [0.2, 0.25) is 0 Å². The molecule has 0 atom stereocenters. The third-order valence-electron chi connectivity index (χ3n) is 2.96. The van der Waals surface area contributed by atoms with Gasteiger partial charge in [-0.15, -0.1) is 5.70 Å². The third kappa shape index (κ3) is 3.69. The van der Waals surface area contributed by atoms with Crippen molar-refractivity contribution in [2.45, 2.75) is 38.9 Å². The van der Waals surface area contributed by atoms with Crippen LogP contribution in [0.2, 0.25) is 18.1 Å². The lowest BCUT2D eigenvalue weighted by Crippen LogP contribution is -2.43. The van der Waals surface area contributed by atoms with Crippen LogP contribution >= 0.6 is 0 Å². The molecule has 0 amide bonds. The molecule has 0 aromatic carbocycles. The average molecular weight is 201 g/mol. The van der Waals surface area contributed by atoms with Gasteiger partial charge in [-0.3, -0.25) is 0 Å². The maximum absolute atomic E-state index is 5.42. The first-order valence-corrected chi connectivity index (χ1v) is 10.8. The summed E-state index contributed by atoms with van der Waals surface area (Å²) in [6.07, 6.45) is 2.13. The van der Waals surface area contributed by atoms with Gasteiger partial charge < -0.3 is 5.73 Å². The van der Waals surface area contributed by atoms with E-state index >= 15 is 0 Å². The normalized spacial score (nSPS) is 15.2. The summed E-state index contributed by atoms with van der Waals surface area (Å²) in [6.45, 7) is 12.8. The van der Waals surface area contributed by atoms with E-state index < -0.39 is 7.59 Å². The van der Waals surface area contributed by atoms with Crippen LogP contribution in [0.1, 0.15) is 20.8 Å². The zero-order valence-electron chi connectivity index (χ0n) is 9.15. The first-order chi connectivity index (χ1) is 5.31. The van der Waals surface area contributed by atoms with E-state index in [1.807, 2.05) is 0 Å². The number of hydrogen-bond donors (Lipinski definition) is 1. The fourth-order valence-corrected chi connectivity index (χ4v) is 6.45. The molecule has 0 aromatic heterocycles. The van der Waals surface area contributed by atoms with Crippen LogP contribution in [0.3, 0.4) is 0 Å². The SMILES string of the molecule is CC(C)(C)[Si](C)(C)[SiH2]C=CCN. The summed E-state index contributed by atoms with van der Waals surface area (Å²) in [7, 11) is -0.943. The van der Waals surface area contributed by atoms with Gasteiger partial charge in [0, 0.05) is 23.2 Å². The van der Waals surface area contributed by atoms with Crippen molar-refractivity contribution < 1.29 is 0 Å². The smallest absolute Gasteiger partial charge is 0.0440 e. The van der Waals surface area contributed by atoms with Crippen LogP contribution in [0, 0.1) is 0 Å². The largest absolute Gasteiger partial charge is 0.327 e. The van der Waals surface area contributed by atoms with Crippen molar-refractivity contribution in [3.05, 3.63) is 11.8 Å². The van der Waals surface area contributed by atoms with Crippen LogP contribution in [-0.4, -0.2) is 23.2 Å². The first kappa shape index (κ1) is 12.1. The monoisotopic (exact) mass is 201 g/mol. The van der Waals surface area contributed by atoms with Crippen molar-refractivity contribution in [2.75, 3.05) is 6.54 Å². The summed E-state index contributed by atoms with van der Waals surface area (Å²) in [5.74, 6) is 0. The maximum atomic E-state index is 5.42. The maximum Gasteiger partial charge on any atom is 0.0440 e. The van der Waals surface area contributed by atoms with Crippen LogP contribution in [0.5, 0.6) is 0 Å². The van der Waals surface area contributed by atoms with Crippen molar-refractivity contribution in [2.24, 2.45) is 5.73 Å². The Morgan fingerprint density at radius 2 is 1.83 bits per heavy atom. The molecular weight excluding hydrogens is 178 g/mol. The van der Waals surface area contributed by atoms with Crippen molar-refractivity contribution >= 4 is 16.6 Å². The lowest BCUT2D eigenvalue weighted by Gasteiger charge is -2.36. The molecule has 12 heavy (non-hydrogen) atoms. The number of rotatable bonds is 3. The molecule has 0 bridgehead atoms. The Hall–Kier alpha value is 0.134. The highest BCUT2D eigenvalue weighted by molar-refractivity contribution is 7.26. The van der Waals surface area contributed by atoms with Crippen molar-refractivity contribution in [3.8, 4) is 0 Å². The van der Waals surface area contributed by atoms with E-state index in [0.717, 1.165) is 0 Å². The quantitative estimate of drug-likeness (QED) is 0.690. The fourth-order valence-electron chi connectivity index (χ4n) is 0.780. The first-order valence-electron chi connectivity index (χ1n) is 4.66. The molecule has 0 radical (unpaired) electrons. The van der Waals surface area contributed by atoms with Gasteiger partial charge in [0.05, 0.1) is 0 Å². The van der Waals surface area contributed by atoms with E-state index in [-0.39, 0.29) is 9.04 Å². The molecule has 0 aliphatic carbocycles. The van der Waals surface area contributed by atoms with E-state index in [9.17, 15) is 0 Å². The molecule has 0 rings (SSSR count). The number of nitrogens with two attached hydrogens (primary N) is 1. The molecule has 0 aliphatic heterocycles. The molecule has 0 fully saturated rings. The highest BCUT2D eigenvalue weighted by Crippen LogP contribution is 2.34. The molecule has 72 valence electrons. The Morgan fingerprint density at radius 1 is 1.33 bits per heavy atom. The van der Waals surface area contributed by atoms with Crippen molar-refractivity contribution in [3.63, 3.8) is 0 Å². The van der Waals surface area contributed by atoms with Gasteiger partial charge in [-0.05, 0) is 5.04 Å². The fraction of sp³-hybridized carbons (Fsp3) is 0.778. The molecule has 0 aromatic rings. The molecule has 0 saturated carbocycles. The zero-order valence-corrected chi connectivity index (χ0v) is 11.6. The zero-order chi connectivity index (χ0) is 9.83. The molecule has 1 nitrogen and oxygen atoms in total. The minimum atomic E-state index is -0.946. The molecule has 0 heterocycles. The highest BCUT2D eigenvalue weighted by atomic mass is 29.2. The Kier molecular flexibility index (Phi) is 4.44. The lowest BCUT2D eigenvalue weighted by molar-refractivity contribution is 0.735. The standard InChI is InChI=1S/C9H23NSi2/c1-9(2,3)12(4,5)11-8-6-7-10/h6,8H,7,10-11H2,1-5H3. The van der Waals surface area contributed by atoms with Gasteiger partial charge in [-0.2, -0.15) is 0 Å². The minimum absolute atomic E-state index is 0.00239. The van der Waals surface area contributed by atoms with Gasteiger partial charge in [0.1, 0.15) is 0 Å². The molecule has 3 heteroatoms. The van der Waals surface area contributed by atoms with Gasteiger partial charge in [-0.1, -0.05) is 39.9 Å². The predicted molar refractivity (Wildman–Crippen MR) is 63.9 cm³/mol. The Bertz CT molecular complexity index is 156. The summed E-state index contributed by atoms with van der Waals surface area (Å²) in [5, 5.41) is 0.554. The van der Waals surface area contributed by atoms with Crippen molar-refractivity contribution in [1.82, 2.24) is 0 Å². The van der Waals surface area contributed by atoms with Crippen molar-refractivity contribution in [1.29, 1.82) is 0 Å². The highest BCUT2D eigenvalue weighted by Gasteiger charge is 2.33. The van der Waals surface area contributed by atoms with E-state index in [4.69, 9.17) is 5.73 Å². The summed E-state index contributed by atoms with van der Waals surface area (Å²) in [6, 6.07) is 0. The Labute approximate surface area is 80.1 Å². The van der Waals surface area contributed by atoms with Crippen LogP contribution in [-0.2, 0) is 0 Å². The number of hydrogen-bond acceptors (Lipinski definition) is 1. The second-order valence-electron chi connectivity index (χ2n) is 5.05. The predicted octanol–water partition coefficient (Wildman–Crippen LogP) is 1.63. The summed E-state index contributed by atoms with van der Waals surface area (Å²) >= 11 is 0. The van der Waals surface area contributed by atoms with Crippen LogP contribution in [0.15, 0.2) is 11.8 Å². The third-order valence-corrected chi connectivity index (χ3v) is 15.6. The van der Waals surface area contributed by atoms with E-state index in [0.29, 0.717) is 11.6 Å².